The van der Waals surface area contributed by atoms with Crippen LogP contribution >= 0.6 is 11.6 Å². The van der Waals surface area contributed by atoms with Crippen molar-refractivity contribution in [2.45, 2.75) is 44.3 Å². The van der Waals surface area contributed by atoms with E-state index in [2.05, 4.69) is 12.2 Å². The third-order valence-corrected chi connectivity index (χ3v) is 5.21. The van der Waals surface area contributed by atoms with E-state index in [-0.39, 0.29) is 29.4 Å². The number of benzene rings is 1. The Labute approximate surface area is 140 Å². The summed E-state index contributed by atoms with van der Waals surface area (Å²) in [6.07, 6.45) is 3.72. The minimum absolute atomic E-state index is 0.0294. The normalized spacial score (nSPS) is 26.2. The summed E-state index contributed by atoms with van der Waals surface area (Å²) in [6.45, 7) is 3.54. The number of carbonyl (C=O) groups excluding carboxylic acids is 2. The highest BCUT2D eigenvalue weighted by atomic mass is 35.5. The SMILES string of the molecule is [CH2]C(=O)N1[C@H](C(=O)NCc2cccc(Cl)c2F)C[C@@H]2CCC[C@@H]21. The van der Waals surface area contributed by atoms with E-state index in [0.29, 0.717) is 17.9 Å². The van der Waals surface area contributed by atoms with Gasteiger partial charge in [-0.2, -0.15) is 0 Å². The number of likely N-dealkylation sites (tertiary alicyclic amines) is 1. The Kier molecular flexibility index (Phi) is 4.57. The second-order valence-electron chi connectivity index (χ2n) is 6.24. The Morgan fingerprint density at radius 3 is 2.91 bits per heavy atom. The lowest BCUT2D eigenvalue weighted by Crippen LogP contribution is -2.48. The van der Waals surface area contributed by atoms with Crippen LogP contribution in [-0.4, -0.2) is 28.8 Å². The van der Waals surface area contributed by atoms with Crippen LogP contribution < -0.4 is 5.32 Å². The van der Waals surface area contributed by atoms with Crippen molar-refractivity contribution in [2.75, 3.05) is 0 Å². The molecule has 1 N–H and O–H groups in total. The molecule has 4 nitrogen and oxygen atoms in total. The van der Waals surface area contributed by atoms with Gasteiger partial charge in [0.15, 0.2) is 0 Å². The molecule has 1 aromatic carbocycles. The van der Waals surface area contributed by atoms with Crippen LogP contribution in [0.15, 0.2) is 18.2 Å². The zero-order chi connectivity index (χ0) is 16.6. The van der Waals surface area contributed by atoms with Gasteiger partial charge in [0.25, 0.3) is 0 Å². The van der Waals surface area contributed by atoms with Gasteiger partial charge in [0.1, 0.15) is 11.9 Å². The van der Waals surface area contributed by atoms with E-state index in [1.165, 1.54) is 6.07 Å². The predicted octanol–water partition coefficient (Wildman–Crippen LogP) is 2.70. The smallest absolute Gasteiger partial charge is 0.243 e. The molecule has 123 valence electrons. The number of amides is 2. The molecule has 2 amide bonds. The van der Waals surface area contributed by atoms with Crippen LogP contribution in [0.2, 0.25) is 5.02 Å². The summed E-state index contributed by atoms with van der Waals surface area (Å²) in [4.78, 5) is 25.9. The number of halogens is 2. The molecule has 1 radical (unpaired) electrons. The molecule has 1 saturated heterocycles. The summed E-state index contributed by atoms with van der Waals surface area (Å²) < 4.78 is 13.9. The molecule has 1 heterocycles. The molecule has 2 fully saturated rings. The first-order valence-corrected chi connectivity index (χ1v) is 8.21. The number of nitrogens with zero attached hydrogens (tertiary/aromatic N) is 1. The lowest BCUT2D eigenvalue weighted by atomic mass is 10.0. The van der Waals surface area contributed by atoms with Crippen molar-refractivity contribution in [2.24, 2.45) is 5.92 Å². The highest BCUT2D eigenvalue weighted by Crippen LogP contribution is 2.41. The van der Waals surface area contributed by atoms with Gasteiger partial charge in [-0.3, -0.25) is 9.59 Å². The molecule has 0 spiro atoms. The number of hydrogen-bond donors (Lipinski definition) is 1. The van der Waals surface area contributed by atoms with Gasteiger partial charge >= 0.3 is 0 Å². The van der Waals surface area contributed by atoms with Crippen molar-refractivity contribution >= 4 is 23.4 Å². The number of carbonyl (C=O) groups is 2. The topological polar surface area (TPSA) is 49.4 Å². The summed E-state index contributed by atoms with van der Waals surface area (Å²) >= 11 is 5.74. The summed E-state index contributed by atoms with van der Waals surface area (Å²) in [6, 6.07) is 4.30. The van der Waals surface area contributed by atoms with Crippen molar-refractivity contribution < 1.29 is 14.0 Å². The van der Waals surface area contributed by atoms with Gasteiger partial charge in [-0.05, 0) is 31.2 Å². The summed E-state index contributed by atoms with van der Waals surface area (Å²) in [7, 11) is 0. The van der Waals surface area contributed by atoms with E-state index in [9.17, 15) is 14.0 Å². The van der Waals surface area contributed by atoms with Crippen LogP contribution in [0.5, 0.6) is 0 Å². The van der Waals surface area contributed by atoms with Crippen molar-refractivity contribution in [3.63, 3.8) is 0 Å². The molecular weight excluding hydrogens is 319 g/mol. The fraction of sp³-hybridized carbons (Fsp3) is 0.471. The van der Waals surface area contributed by atoms with Crippen LogP contribution in [0.25, 0.3) is 0 Å². The quantitative estimate of drug-likeness (QED) is 0.922. The molecule has 2 aliphatic rings. The zero-order valence-electron chi connectivity index (χ0n) is 12.7. The van der Waals surface area contributed by atoms with Gasteiger partial charge in [-0.15, -0.1) is 0 Å². The predicted molar refractivity (Wildman–Crippen MR) is 85.0 cm³/mol. The van der Waals surface area contributed by atoms with Crippen LogP contribution in [0, 0.1) is 18.7 Å². The number of fused-ring (bicyclic) bond motifs is 1. The number of hydrogen-bond acceptors (Lipinski definition) is 2. The second kappa shape index (κ2) is 6.48. The van der Waals surface area contributed by atoms with E-state index < -0.39 is 11.9 Å². The number of nitrogens with one attached hydrogen (secondary N) is 1. The summed E-state index contributed by atoms with van der Waals surface area (Å²) in [5.41, 5.74) is 0.330. The highest BCUT2D eigenvalue weighted by molar-refractivity contribution is 6.30. The fourth-order valence-electron chi connectivity index (χ4n) is 3.87. The highest BCUT2D eigenvalue weighted by Gasteiger charge is 2.47. The second-order valence-corrected chi connectivity index (χ2v) is 6.65. The Balaban J connectivity index is 1.68. The van der Waals surface area contributed by atoms with E-state index in [1.807, 2.05) is 0 Å². The molecule has 0 aromatic heterocycles. The van der Waals surface area contributed by atoms with Gasteiger partial charge in [-0.1, -0.05) is 30.2 Å². The van der Waals surface area contributed by atoms with Gasteiger partial charge in [0, 0.05) is 25.1 Å². The van der Waals surface area contributed by atoms with Gasteiger partial charge in [-0.25, -0.2) is 4.39 Å². The van der Waals surface area contributed by atoms with Crippen LogP contribution in [0.3, 0.4) is 0 Å². The van der Waals surface area contributed by atoms with E-state index in [0.717, 1.165) is 19.3 Å². The molecule has 1 aromatic rings. The Morgan fingerprint density at radius 1 is 1.39 bits per heavy atom. The maximum atomic E-state index is 13.9. The summed E-state index contributed by atoms with van der Waals surface area (Å²) in [5, 5.41) is 2.75. The van der Waals surface area contributed by atoms with Gasteiger partial charge in [0.2, 0.25) is 11.8 Å². The Hall–Kier alpha value is -1.62. The molecule has 23 heavy (non-hydrogen) atoms. The minimum Gasteiger partial charge on any atom is -0.350 e. The van der Waals surface area contributed by atoms with E-state index in [4.69, 9.17) is 11.6 Å². The maximum absolute atomic E-state index is 13.9. The summed E-state index contributed by atoms with van der Waals surface area (Å²) in [5.74, 6) is -0.716. The van der Waals surface area contributed by atoms with Crippen LogP contribution in [0.1, 0.15) is 31.2 Å². The van der Waals surface area contributed by atoms with Crippen LogP contribution in [0.4, 0.5) is 4.39 Å². The largest absolute Gasteiger partial charge is 0.350 e. The van der Waals surface area contributed by atoms with Crippen molar-refractivity contribution in [3.8, 4) is 0 Å². The molecule has 3 atom stereocenters. The Morgan fingerprint density at radius 2 is 2.17 bits per heavy atom. The monoisotopic (exact) mass is 337 g/mol. The van der Waals surface area contributed by atoms with E-state index >= 15 is 0 Å². The van der Waals surface area contributed by atoms with Crippen molar-refractivity contribution in [3.05, 3.63) is 41.5 Å². The average molecular weight is 338 g/mol. The van der Waals surface area contributed by atoms with Crippen LogP contribution in [-0.2, 0) is 16.1 Å². The number of rotatable bonds is 3. The molecule has 0 bridgehead atoms. The standard InChI is InChI=1S/C17H19ClFN2O2/c1-10(22)21-14-7-3-4-11(14)8-15(21)17(23)20-9-12-5-2-6-13(18)16(12)19/h2,5-6,11,14-15H,1,3-4,7-9H2,(H,20,23)/t11-,14-,15-/m0/s1. The maximum Gasteiger partial charge on any atom is 0.243 e. The molecule has 6 heteroatoms. The molecule has 3 rings (SSSR count). The molecular formula is C17H19ClFN2O2. The Bertz CT molecular complexity index is 637. The van der Waals surface area contributed by atoms with Gasteiger partial charge in [0.05, 0.1) is 5.02 Å². The lowest BCUT2D eigenvalue weighted by molar-refractivity contribution is -0.137. The van der Waals surface area contributed by atoms with Gasteiger partial charge < -0.3 is 10.2 Å². The average Bonchev–Trinajstić information content (AvgIpc) is 3.08. The molecule has 1 aliphatic heterocycles. The molecule has 1 saturated carbocycles. The first-order chi connectivity index (χ1) is 11.0. The lowest BCUT2D eigenvalue weighted by Gasteiger charge is -2.27. The first-order valence-electron chi connectivity index (χ1n) is 7.84. The van der Waals surface area contributed by atoms with E-state index in [1.54, 1.807) is 17.0 Å². The molecule has 0 unspecified atom stereocenters. The fourth-order valence-corrected chi connectivity index (χ4v) is 4.06. The van der Waals surface area contributed by atoms with Crippen molar-refractivity contribution in [1.29, 1.82) is 0 Å². The zero-order valence-corrected chi connectivity index (χ0v) is 13.5. The first kappa shape index (κ1) is 16.2. The third kappa shape index (κ3) is 3.07. The van der Waals surface area contributed by atoms with Crippen molar-refractivity contribution in [1.82, 2.24) is 10.2 Å². The molecule has 1 aliphatic carbocycles. The third-order valence-electron chi connectivity index (χ3n) is 4.91. The minimum atomic E-state index is -0.525.